The molecule has 1 aliphatic rings. The maximum atomic E-state index is 12.8. The largest absolute Gasteiger partial charge is 0.325 e. The molecule has 1 fully saturated rings. The second-order valence-electron chi connectivity index (χ2n) is 7.28. The van der Waals surface area contributed by atoms with Crippen molar-refractivity contribution in [2.45, 2.75) is 46.0 Å². The van der Waals surface area contributed by atoms with Crippen LogP contribution in [-0.4, -0.2) is 11.8 Å². The minimum absolute atomic E-state index is 0.215. The number of carbonyl (C=O) groups is 2. The SMILES string of the molecule is CCc1ccc(NC(=O)C2(C(=O)Nc3ccccc3C(C)C)CC2)cc1. The van der Waals surface area contributed by atoms with Crippen molar-refractivity contribution in [2.24, 2.45) is 5.41 Å². The molecule has 0 heterocycles. The molecular formula is C22H26N2O2. The van der Waals surface area contributed by atoms with Gasteiger partial charge in [0.05, 0.1) is 0 Å². The van der Waals surface area contributed by atoms with Crippen molar-refractivity contribution in [3.8, 4) is 0 Å². The first kappa shape index (κ1) is 18.2. The van der Waals surface area contributed by atoms with E-state index < -0.39 is 5.41 Å². The number of rotatable bonds is 6. The van der Waals surface area contributed by atoms with Gasteiger partial charge in [0.25, 0.3) is 0 Å². The van der Waals surface area contributed by atoms with Crippen molar-refractivity contribution < 1.29 is 9.59 Å². The van der Waals surface area contributed by atoms with Crippen LogP contribution in [0, 0.1) is 5.41 Å². The number of hydrogen-bond acceptors (Lipinski definition) is 2. The molecule has 2 aromatic rings. The maximum Gasteiger partial charge on any atom is 0.240 e. The van der Waals surface area contributed by atoms with E-state index >= 15 is 0 Å². The lowest BCUT2D eigenvalue weighted by molar-refractivity contribution is -0.131. The van der Waals surface area contributed by atoms with Gasteiger partial charge in [-0.05, 0) is 54.5 Å². The molecule has 0 bridgehead atoms. The monoisotopic (exact) mass is 350 g/mol. The van der Waals surface area contributed by atoms with Crippen LogP contribution in [0.25, 0.3) is 0 Å². The van der Waals surface area contributed by atoms with Gasteiger partial charge in [-0.25, -0.2) is 0 Å². The van der Waals surface area contributed by atoms with Crippen LogP contribution in [0.5, 0.6) is 0 Å². The molecule has 2 amide bonds. The molecule has 3 rings (SSSR count). The molecule has 136 valence electrons. The molecular weight excluding hydrogens is 324 g/mol. The fourth-order valence-corrected chi connectivity index (χ4v) is 3.11. The lowest BCUT2D eigenvalue weighted by Gasteiger charge is -2.18. The van der Waals surface area contributed by atoms with E-state index in [4.69, 9.17) is 0 Å². The summed E-state index contributed by atoms with van der Waals surface area (Å²) in [7, 11) is 0. The van der Waals surface area contributed by atoms with Crippen molar-refractivity contribution in [1.82, 2.24) is 0 Å². The first-order valence-corrected chi connectivity index (χ1v) is 9.27. The molecule has 0 saturated heterocycles. The Labute approximate surface area is 155 Å². The standard InChI is InChI=1S/C22H26N2O2/c1-4-16-9-11-17(12-10-16)23-20(25)22(13-14-22)21(26)24-19-8-6-5-7-18(19)15(2)3/h5-12,15H,4,13-14H2,1-3H3,(H,23,25)(H,24,26). The van der Waals surface area contributed by atoms with E-state index in [2.05, 4.69) is 31.4 Å². The molecule has 0 spiro atoms. The van der Waals surface area contributed by atoms with Gasteiger partial charge >= 0.3 is 0 Å². The Morgan fingerprint density at radius 3 is 2.15 bits per heavy atom. The normalized spacial score (nSPS) is 14.8. The lowest BCUT2D eigenvalue weighted by atomic mass is 9.99. The van der Waals surface area contributed by atoms with Gasteiger partial charge in [0, 0.05) is 11.4 Å². The Morgan fingerprint density at radius 2 is 1.58 bits per heavy atom. The first-order chi connectivity index (χ1) is 12.5. The summed E-state index contributed by atoms with van der Waals surface area (Å²) < 4.78 is 0. The van der Waals surface area contributed by atoms with Crippen molar-refractivity contribution in [3.05, 3.63) is 59.7 Å². The van der Waals surface area contributed by atoms with Crippen molar-refractivity contribution in [3.63, 3.8) is 0 Å². The molecule has 0 unspecified atom stereocenters. The van der Waals surface area contributed by atoms with E-state index in [1.54, 1.807) is 0 Å². The summed E-state index contributed by atoms with van der Waals surface area (Å²) >= 11 is 0. The van der Waals surface area contributed by atoms with Crippen LogP contribution >= 0.6 is 0 Å². The zero-order chi connectivity index (χ0) is 18.7. The average molecular weight is 350 g/mol. The van der Waals surface area contributed by atoms with Gasteiger partial charge in [0.1, 0.15) is 5.41 Å². The molecule has 26 heavy (non-hydrogen) atoms. The van der Waals surface area contributed by atoms with Gasteiger partial charge in [0.2, 0.25) is 11.8 Å². The highest BCUT2D eigenvalue weighted by molar-refractivity contribution is 6.17. The highest BCUT2D eigenvalue weighted by Gasteiger charge is 2.56. The molecule has 1 saturated carbocycles. The molecule has 4 heteroatoms. The summed E-state index contributed by atoms with van der Waals surface area (Å²) in [5.41, 5.74) is 2.86. The molecule has 0 aliphatic heterocycles. The van der Waals surface area contributed by atoms with E-state index in [-0.39, 0.29) is 11.8 Å². The number of carbonyl (C=O) groups excluding carboxylic acids is 2. The zero-order valence-electron chi connectivity index (χ0n) is 15.6. The van der Waals surface area contributed by atoms with E-state index in [1.165, 1.54) is 5.56 Å². The molecule has 1 aliphatic carbocycles. The molecule has 0 atom stereocenters. The average Bonchev–Trinajstić information content (AvgIpc) is 3.45. The van der Waals surface area contributed by atoms with E-state index in [0.29, 0.717) is 18.8 Å². The van der Waals surface area contributed by atoms with Crippen LogP contribution in [0.2, 0.25) is 0 Å². The predicted molar refractivity (Wildman–Crippen MR) is 105 cm³/mol. The fraction of sp³-hybridized carbons (Fsp3) is 0.364. The van der Waals surface area contributed by atoms with Crippen molar-refractivity contribution >= 4 is 23.2 Å². The van der Waals surface area contributed by atoms with Crippen LogP contribution in [-0.2, 0) is 16.0 Å². The van der Waals surface area contributed by atoms with E-state index in [1.807, 2.05) is 48.5 Å². The summed E-state index contributed by atoms with van der Waals surface area (Å²) in [4.78, 5) is 25.6. The third-order valence-electron chi connectivity index (χ3n) is 5.07. The second-order valence-corrected chi connectivity index (χ2v) is 7.28. The predicted octanol–water partition coefficient (Wildman–Crippen LogP) is 4.73. The van der Waals surface area contributed by atoms with Gasteiger partial charge in [-0.3, -0.25) is 9.59 Å². The minimum atomic E-state index is -0.951. The topological polar surface area (TPSA) is 58.2 Å². The van der Waals surface area contributed by atoms with Crippen LogP contribution in [0.1, 0.15) is 50.7 Å². The number of amides is 2. The molecule has 2 N–H and O–H groups in total. The van der Waals surface area contributed by atoms with E-state index in [9.17, 15) is 9.59 Å². The number of aryl methyl sites for hydroxylation is 1. The number of para-hydroxylation sites is 1. The lowest BCUT2D eigenvalue weighted by Crippen LogP contribution is -2.35. The van der Waals surface area contributed by atoms with Gasteiger partial charge in [0.15, 0.2) is 0 Å². The summed E-state index contributed by atoms with van der Waals surface area (Å²) in [6, 6.07) is 15.5. The van der Waals surface area contributed by atoms with Crippen molar-refractivity contribution in [1.29, 1.82) is 0 Å². The fourth-order valence-electron chi connectivity index (χ4n) is 3.11. The van der Waals surface area contributed by atoms with Gasteiger partial charge in [-0.2, -0.15) is 0 Å². The maximum absolute atomic E-state index is 12.8. The Balaban J connectivity index is 1.71. The molecule has 2 aromatic carbocycles. The van der Waals surface area contributed by atoms with Crippen LogP contribution in [0.3, 0.4) is 0 Å². The third-order valence-corrected chi connectivity index (χ3v) is 5.07. The van der Waals surface area contributed by atoms with Crippen LogP contribution in [0.15, 0.2) is 48.5 Å². The summed E-state index contributed by atoms with van der Waals surface area (Å²) in [5, 5.41) is 5.88. The van der Waals surface area contributed by atoms with Crippen molar-refractivity contribution in [2.75, 3.05) is 10.6 Å². The first-order valence-electron chi connectivity index (χ1n) is 9.27. The smallest absolute Gasteiger partial charge is 0.240 e. The zero-order valence-corrected chi connectivity index (χ0v) is 15.6. The summed E-state index contributed by atoms with van der Waals surface area (Å²) in [6.07, 6.45) is 2.12. The van der Waals surface area contributed by atoms with Crippen LogP contribution in [0.4, 0.5) is 11.4 Å². The Bertz CT molecular complexity index is 805. The second kappa shape index (κ2) is 7.32. The highest BCUT2D eigenvalue weighted by atomic mass is 16.2. The molecule has 0 radical (unpaired) electrons. The number of nitrogens with one attached hydrogen (secondary N) is 2. The van der Waals surface area contributed by atoms with Crippen LogP contribution < -0.4 is 10.6 Å². The Hall–Kier alpha value is -2.62. The quantitative estimate of drug-likeness (QED) is 0.740. The number of anilines is 2. The van der Waals surface area contributed by atoms with Gasteiger partial charge in [-0.1, -0.05) is 51.1 Å². The summed E-state index contributed by atoms with van der Waals surface area (Å²) in [5.74, 6) is -0.137. The molecule has 4 nitrogen and oxygen atoms in total. The Kier molecular flexibility index (Phi) is 5.12. The third kappa shape index (κ3) is 3.64. The van der Waals surface area contributed by atoms with Gasteiger partial charge < -0.3 is 10.6 Å². The summed E-state index contributed by atoms with van der Waals surface area (Å²) in [6.45, 7) is 6.27. The minimum Gasteiger partial charge on any atom is -0.325 e. The Morgan fingerprint density at radius 1 is 0.962 bits per heavy atom. The number of benzene rings is 2. The van der Waals surface area contributed by atoms with E-state index in [0.717, 1.165) is 23.4 Å². The molecule has 0 aromatic heterocycles. The number of hydrogen-bond donors (Lipinski definition) is 2. The highest BCUT2D eigenvalue weighted by Crippen LogP contribution is 2.47. The van der Waals surface area contributed by atoms with Gasteiger partial charge in [-0.15, -0.1) is 0 Å².